The first-order valence-electron chi connectivity index (χ1n) is 6.25. The van der Waals surface area contributed by atoms with Gasteiger partial charge in [0.1, 0.15) is 5.75 Å². The van der Waals surface area contributed by atoms with Gasteiger partial charge in [0.25, 0.3) is 5.91 Å². The molecule has 102 valence electrons. The van der Waals surface area contributed by atoms with Crippen LogP contribution in [-0.2, 0) is 6.42 Å². The second-order valence-corrected chi connectivity index (χ2v) is 5.67. The molecule has 0 fully saturated rings. The minimum absolute atomic E-state index is 0.0201. The van der Waals surface area contributed by atoms with Crippen molar-refractivity contribution in [1.29, 1.82) is 0 Å². The lowest BCUT2D eigenvalue weighted by Crippen LogP contribution is -2.28. The molecule has 0 atom stereocenters. The van der Waals surface area contributed by atoms with Gasteiger partial charge in [-0.15, -0.1) is 0 Å². The molecule has 0 unspecified atom stereocenters. The highest BCUT2D eigenvalue weighted by molar-refractivity contribution is 9.10. The summed E-state index contributed by atoms with van der Waals surface area (Å²) in [5.41, 5.74) is 8.69. The van der Waals surface area contributed by atoms with Crippen LogP contribution in [0.3, 0.4) is 0 Å². The van der Waals surface area contributed by atoms with Crippen molar-refractivity contribution < 1.29 is 9.90 Å². The SMILES string of the molecule is Nc1ccc2c(c1)CCN2C(=O)c1ccc(Br)cc1O. The van der Waals surface area contributed by atoms with Crippen molar-refractivity contribution in [1.82, 2.24) is 0 Å². The van der Waals surface area contributed by atoms with E-state index < -0.39 is 0 Å². The number of fused-ring (bicyclic) bond motifs is 1. The lowest BCUT2D eigenvalue weighted by Gasteiger charge is -2.18. The average molecular weight is 333 g/mol. The van der Waals surface area contributed by atoms with Crippen LogP contribution in [0.15, 0.2) is 40.9 Å². The lowest BCUT2D eigenvalue weighted by molar-refractivity contribution is 0.0987. The van der Waals surface area contributed by atoms with Gasteiger partial charge >= 0.3 is 0 Å². The topological polar surface area (TPSA) is 66.6 Å². The maximum absolute atomic E-state index is 12.5. The van der Waals surface area contributed by atoms with Gasteiger partial charge < -0.3 is 15.7 Å². The number of carbonyl (C=O) groups is 1. The van der Waals surface area contributed by atoms with E-state index in [9.17, 15) is 9.90 Å². The maximum Gasteiger partial charge on any atom is 0.262 e. The molecular weight excluding hydrogens is 320 g/mol. The number of phenols is 1. The van der Waals surface area contributed by atoms with Crippen molar-refractivity contribution in [3.8, 4) is 5.75 Å². The number of benzene rings is 2. The molecule has 4 nitrogen and oxygen atoms in total. The van der Waals surface area contributed by atoms with Gasteiger partial charge in [-0.05, 0) is 48.4 Å². The highest BCUT2D eigenvalue weighted by Crippen LogP contribution is 2.32. The van der Waals surface area contributed by atoms with E-state index in [1.807, 2.05) is 12.1 Å². The summed E-state index contributed by atoms with van der Waals surface area (Å²) in [5, 5.41) is 9.92. The second kappa shape index (κ2) is 4.83. The van der Waals surface area contributed by atoms with E-state index in [2.05, 4.69) is 15.9 Å². The van der Waals surface area contributed by atoms with Gasteiger partial charge in [0.2, 0.25) is 0 Å². The van der Waals surface area contributed by atoms with E-state index in [-0.39, 0.29) is 11.7 Å². The normalized spacial score (nSPS) is 13.3. The maximum atomic E-state index is 12.5. The lowest BCUT2D eigenvalue weighted by atomic mass is 10.1. The summed E-state index contributed by atoms with van der Waals surface area (Å²) in [6.45, 7) is 0.604. The molecule has 5 heteroatoms. The molecule has 1 amide bonds. The summed E-state index contributed by atoms with van der Waals surface area (Å²) >= 11 is 3.26. The third-order valence-electron chi connectivity index (χ3n) is 3.43. The number of halogens is 1. The van der Waals surface area contributed by atoms with Crippen LogP contribution in [0.2, 0.25) is 0 Å². The van der Waals surface area contributed by atoms with Crippen molar-refractivity contribution >= 4 is 33.2 Å². The van der Waals surface area contributed by atoms with Crippen molar-refractivity contribution in [3.63, 3.8) is 0 Å². The van der Waals surface area contributed by atoms with Gasteiger partial charge in [-0.2, -0.15) is 0 Å². The smallest absolute Gasteiger partial charge is 0.262 e. The Morgan fingerprint density at radius 3 is 2.80 bits per heavy atom. The van der Waals surface area contributed by atoms with Crippen LogP contribution >= 0.6 is 15.9 Å². The predicted octanol–water partition coefficient (Wildman–Crippen LogP) is 2.94. The molecule has 1 heterocycles. The van der Waals surface area contributed by atoms with Crippen LogP contribution < -0.4 is 10.6 Å². The standard InChI is InChI=1S/C15H13BrN2O2/c16-10-1-3-12(14(19)8-10)15(20)18-6-5-9-7-11(17)2-4-13(9)18/h1-4,7-8,19H,5-6,17H2. The number of anilines is 2. The third-order valence-corrected chi connectivity index (χ3v) is 3.93. The Hall–Kier alpha value is -2.01. The molecule has 0 spiro atoms. The van der Waals surface area contributed by atoms with Crippen LogP contribution in [-0.4, -0.2) is 17.6 Å². The molecule has 20 heavy (non-hydrogen) atoms. The number of nitrogens with two attached hydrogens (primary N) is 1. The molecule has 2 aromatic carbocycles. The van der Waals surface area contributed by atoms with E-state index in [0.717, 1.165) is 22.1 Å². The summed E-state index contributed by atoms with van der Waals surface area (Å²) in [7, 11) is 0. The summed E-state index contributed by atoms with van der Waals surface area (Å²) in [5.74, 6) is -0.216. The first kappa shape index (κ1) is 13.0. The molecule has 0 bridgehead atoms. The highest BCUT2D eigenvalue weighted by Gasteiger charge is 2.27. The van der Waals surface area contributed by atoms with E-state index in [0.29, 0.717) is 17.8 Å². The minimum atomic E-state index is -0.196. The molecule has 0 saturated carbocycles. The van der Waals surface area contributed by atoms with E-state index in [4.69, 9.17) is 5.73 Å². The summed E-state index contributed by atoms with van der Waals surface area (Å²) in [6, 6.07) is 10.4. The number of nitrogens with zero attached hydrogens (tertiary/aromatic N) is 1. The molecule has 3 N–H and O–H groups in total. The van der Waals surface area contributed by atoms with Gasteiger partial charge in [-0.3, -0.25) is 4.79 Å². The second-order valence-electron chi connectivity index (χ2n) is 4.76. The zero-order valence-corrected chi connectivity index (χ0v) is 12.2. The van der Waals surface area contributed by atoms with Gasteiger partial charge in [-0.1, -0.05) is 15.9 Å². The quantitative estimate of drug-likeness (QED) is 0.789. The fourth-order valence-corrected chi connectivity index (χ4v) is 2.81. The first-order chi connectivity index (χ1) is 9.56. The van der Waals surface area contributed by atoms with Gasteiger partial charge in [0, 0.05) is 22.4 Å². The Bertz CT molecular complexity index is 700. The number of hydrogen-bond donors (Lipinski definition) is 2. The summed E-state index contributed by atoms with van der Waals surface area (Å²) < 4.78 is 0.737. The third kappa shape index (κ3) is 2.14. The number of rotatable bonds is 1. The Labute approximate surface area is 125 Å². The number of carbonyl (C=O) groups excluding carboxylic acids is 1. The van der Waals surface area contributed by atoms with E-state index >= 15 is 0 Å². The molecule has 0 saturated heterocycles. The molecule has 0 aliphatic carbocycles. The van der Waals surface area contributed by atoms with Gasteiger partial charge in [-0.25, -0.2) is 0 Å². The molecule has 0 aromatic heterocycles. The Balaban J connectivity index is 1.97. The molecule has 0 radical (unpaired) electrons. The summed E-state index contributed by atoms with van der Waals surface area (Å²) in [4.78, 5) is 14.2. The summed E-state index contributed by atoms with van der Waals surface area (Å²) in [6.07, 6.45) is 0.781. The average Bonchev–Trinajstić information content (AvgIpc) is 2.80. The van der Waals surface area contributed by atoms with E-state index in [1.54, 1.807) is 23.1 Å². The van der Waals surface area contributed by atoms with Gasteiger partial charge in [0.05, 0.1) is 5.56 Å². The zero-order valence-electron chi connectivity index (χ0n) is 10.6. The number of aromatic hydroxyl groups is 1. The van der Waals surface area contributed by atoms with Crippen molar-refractivity contribution in [2.75, 3.05) is 17.2 Å². The predicted molar refractivity (Wildman–Crippen MR) is 82.0 cm³/mol. The molecule has 2 aromatic rings. The van der Waals surface area contributed by atoms with Crippen LogP contribution in [0, 0.1) is 0 Å². The molecule has 1 aliphatic heterocycles. The van der Waals surface area contributed by atoms with Crippen molar-refractivity contribution in [3.05, 3.63) is 52.0 Å². The van der Waals surface area contributed by atoms with Gasteiger partial charge in [0.15, 0.2) is 0 Å². The van der Waals surface area contributed by atoms with Crippen molar-refractivity contribution in [2.45, 2.75) is 6.42 Å². The monoisotopic (exact) mass is 332 g/mol. The van der Waals surface area contributed by atoms with Crippen molar-refractivity contribution in [2.24, 2.45) is 0 Å². The number of amides is 1. The van der Waals surface area contributed by atoms with Crippen LogP contribution in [0.25, 0.3) is 0 Å². The Morgan fingerprint density at radius 1 is 1.25 bits per heavy atom. The number of phenolic OH excluding ortho intramolecular Hbond substituents is 1. The largest absolute Gasteiger partial charge is 0.507 e. The molecular formula is C15H13BrN2O2. The fraction of sp³-hybridized carbons (Fsp3) is 0.133. The fourth-order valence-electron chi connectivity index (χ4n) is 2.46. The van der Waals surface area contributed by atoms with Crippen LogP contribution in [0.4, 0.5) is 11.4 Å². The highest BCUT2D eigenvalue weighted by atomic mass is 79.9. The minimum Gasteiger partial charge on any atom is -0.507 e. The first-order valence-corrected chi connectivity index (χ1v) is 7.04. The van der Waals surface area contributed by atoms with Crippen LogP contribution in [0.5, 0.6) is 5.75 Å². The van der Waals surface area contributed by atoms with E-state index in [1.165, 1.54) is 6.07 Å². The molecule has 1 aliphatic rings. The Kier molecular flexibility index (Phi) is 3.14. The zero-order chi connectivity index (χ0) is 14.3. The molecule has 3 rings (SSSR count). The number of hydrogen-bond acceptors (Lipinski definition) is 3. The number of nitrogen functional groups attached to an aromatic ring is 1. The Morgan fingerprint density at radius 2 is 2.05 bits per heavy atom. The van der Waals surface area contributed by atoms with Crippen LogP contribution in [0.1, 0.15) is 15.9 Å².